The molecule has 1 rings (SSSR count). The summed E-state index contributed by atoms with van der Waals surface area (Å²) in [6.45, 7) is 2.62. The maximum Gasteiger partial charge on any atom is 0.247 e. The third-order valence-corrected chi connectivity index (χ3v) is 2.24. The van der Waals surface area contributed by atoms with Gasteiger partial charge in [0, 0.05) is 0 Å². The van der Waals surface area contributed by atoms with Gasteiger partial charge in [0.2, 0.25) is 5.91 Å². The van der Waals surface area contributed by atoms with Crippen molar-refractivity contribution in [3.8, 4) is 5.75 Å². The van der Waals surface area contributed by atoms with E-state index in [1.807, 2.05) is 6.92 Å². The molecule has 0 unspecified atom stereocenters. The monoisotopic (exact) mass is 243 g/mol. The maximum atomic E-state index is 10.9. The zero-order valence-electron chi connectivity index (χ0n) is 9.00. The molecule has 1 aromatic rings. The van der Waals surface area contributed by atoms with Crippen LogP contribution in [-0.4, -0.2) is 17.7 Å². The number of hydrogen-bond acceptors (Lipinski definition) is 3. The first-order valence-electron chi connectivity index (χ1n) is 5.01. The summed E-state index contributed by atoms with van der Waals surface area (Å²) in [7, 11) is 0. The number of hydrogen-bond donors (Lipinski definition) is 2. The normalized spacial score (nSPS) is 9.94. The second kappa shape index (κ2) is 6.35. The van der Waals surface area contributed by atoms with Crippen LogP contribution in [-0.2, 0) is 11.2 Å². The van der Waals surface area contributed by atoms with Crippen molar-refractivity contribution < 1.29 is 14.7 Å². The van der Waals surface area contributed by atoms with Crippen LogP contribution in [0.2, 0.25) is 5.02 Å². The maximum absolute atomic E-state index is 10.9. The number of halogens is 1. The Labute approximate surface area is 99.1 Å². The van der Waals surface area contributed by atoms with Crippen LogP contribution in [0.1, 0.15) is 18.9 Å². The quantitative estimate of drug-likeness (QED) is 0.616. The molecule has 0 aliphatic heterocycles. The fourth-order valence-electron chi connectivity index (χ4n) is 1.21. The van der Waals surface area contributed by atoms with Crippen molar-refractivity contribution in [1.82, 2.24) is 5.48 Å². The van der Waals surface area contributed by atoms with Crippen molar-refractivity contribution in [3.63, 3.8) is 0 Å². The van der Waals surface area contributed by atoms with Gasteiger partial charge in [0.25, 0.3) is 0 Å². The molecular weight excluding hydrogens is 230 g/mol. The van der Waals surface area contributed by atoms with Gasteiger partial charge in [-0.2, -0.15) is 0 Å². The van der Waals surface area contributed by atoms with E-state index in [1.54, 1.807) is 23.7 Å². The van der Waals surface area contributed by atoms with Gasteiger partial charge in [-0.15, -0.1) is 0 Å². The number of nitrogens with one attached hydrogen (secondary N) is 1. The highest BCUT2D eigenvalue weighted by atomic mass is 35.5. The van der Waals surface area contributed by atoms with Crippen molar-refractivity contribution in [3.05, 3.63) is 28.8 Å². The van der Waals surface area contributed by atoms with Gasteiger partial charge in [-0.1, -0.05) is 24.6 Å². The Hall–Kier alpha value is -1.26. The molecule has 0 saturated carbocycles. The van der Waals surface area contributed by atoms with Crippen LogP contribution in [0.25, 0.3) is 0 Å². The van der Waals surface area contributed by atoms with Gasteiger partial charge in [-0.25, -0.2) is 5.48 Å². The number of hydroxylamine groups is 1. The van der Waals surface area contributed by atoms with E-state index in [1.165, 1.54) is 0 Å². The van der Waals surface area contributed by atoms with Gasteiger partial charge in [0.15, 0.2) is 0 Å². The third-order valence-electron chi connectivity index (χ3n) is 1.95. The molecule has 0 aliphatic carbocycles. The summed E-state index contributed by atoms with van der Waals surface area (Å²) in [5, 5.41) is 8.85. The van der Waals surface area contributed by atoms with Crippen LogP contribution in [0.3, 0.4) is 0 Å². The lowest BCUT2D eigenvalue weighted by molar-refractivity contribution is -0.128. The Balaban J connectivity index is 2.70. The molecule has 4 nitrogen and oxygen atoms in total. The second-order valence-electron chi connectivity index (χ2n) is 3.32. The Morgan fingerprint density at radius 2 is 2.31 bits per heavy atom. The van der Waals surface area contributed by atoms with Gasteiger partial charge < -0.3 is 4.74 Å². The van der Waals surface area contributed by atoms with Crippen molar-refractivity contribution in [1.29, 1.82) is 0 Å². The van der Waals surface area contributed by atoms with Gasteiger partial charge >= 0.3 is 0 Å². The first-order valence-corrected chi connectivity index (χ1v) is 5.39. The average Bonchev–Trinajstić information content (AvgIpc) is 2.28. The van der Waals surface area contributed by atoms with E-state index in [-0.39, 0.29) is 6.42 Å². The van der Waals surface area contributed by atoms with E-state index in [0.29, 0.717) is 17.4 Å². The summed E-state index contributed by atoms with van der Waals surface area (Å²) in [4.78, 5) is 10.9. The Morgan fingerprint density at radius 1 is 1.56 bits per heavy atom. The molecule has 0 radical (unpaired) electrons. The predicted molar refractivity (Wildman–Crippen MR) is 60.9 cm³/mol. The number of carbonyl (C=O) groups is 1. The molecule has 0 heterocycles. The minimum absolute atomic E-state index is 0.0876. The summed E-state index contributed by atoms with van der Waals surface area (Å²) in [5.74, 6) is 0.134. The van der Waals surface area contributed by atoms with Crippen molar-refractivity contribution in [2.24, 2.45) is 0 Å². The number of carbonyl (C=O) groups excluding carboxylic acids is 1. The lowest BCUT2D eigenvalue weighted by atomic mass is 10.1. The number of ether oxygens (including phenoxy) is 1. The molecule has 2 N–H and O–H groups in total. The SMILES string of the molecule is CCCOc1ccc(CC(=O)NO)cc1Cl. The molecule has 0 aromatic heterocycles. The summed E-state index contributed by atoms with van der Waals surface area (Å²) >= 11 is 5.97. The lowest BCUT2D eigenvalue weighted by Gasteiger charge is -2.08. The minimum atomic E-state index is -0.474. The Morgan fingerprint density at radius 3 is 2.88 bits per heavy atom. The lowest BCUT2D eigenvalue weighted by Crippen LogP contribution is -2.20. The molecule has 0 aliphatic rings. The zero-order valence-corrected chi connectivity index (χ0v) is 9.75. The predicted octanol–water partition coefficient (Wildman–Crippen LogP) is 2.18. The molecule has 0 fully saturated rings. The van der Waals surface area contributed by atoms with Crippen LogP contribution in [0, 0.1) is 0 Å². The summed E-state index contributed by atoms with van der Waals surface area (Å²) in [6.07, 6.45) is 0.995. The van der Waals surface area contributed by atoms with Gasteiger partial charge in [0.05, 0.1) is 18.1 Å². The van der Waals surface area contributed by atoms with Crippen molar-refractivity contribution in [2.45, 2.75) is 19.8 Å². The molecule has 88 valence electrons. The minimum Gasteiger partial charge on any atom is -0.492 e. The molecular formula is C11H14ClNO3. The van der Waals surface area contributed by atoms with Gasteiger partial charge in [0.1, 0.15) is 5.75 Å². The van der Waals surface area contributed by atoms with Crippen molar-refractivity contribution in [2.75, 3.05) is 6.61 Å². The highest BCUT2D eigenvalue weighted by Crippen LogP contribution is 2.25. The topological polar surface area (TPSA) is 58.6 Å². The second-order valence-corrected chi connectivity index (χ2v) is 3.73. The first-order chi connectivity index (χ1) is 7.67. The third kappa shape index (κ3) is 3.72. The standard InChI is InChI=1S/C11H14ClNO3/c1-2-5-16-10-4-3-8(6-9(10)12)7-11(14)13-15/h3-4,6,15H,2,5,7H2,1H3,(H,13,14). The van der Waals surface area contributed by atoms with Crippen LogP contribution in [0.15, 0.2) is 18.2 Å². The molecule has 1 aromatic carbocycles. The zero-order chi connectivity index (χ0) is 12.0. The number of rotatable bonds is 5. The molecule has 1 amide bonds. The Bertz CT molecular complexity index is 368. The molecule has 0 saturated heterocycles. The fourth-order valence-corrected chi connectivity index (χ4v) is 1.47. The molecule has 16 heavy (non-hydrogen) atoms. The molecule has 5 heteroatoms. The van der Waals surface area contributed by atoms with E-state index < -0.39 is 5.91 Å². The smallest absolute Gasteiger partial charge is 0.247 e. The van der Waals surface area contributed by atoms with E-state index in [4.69, 9.17) is 21.5 Å². The summed E-state index contributed by atoms with van der Waals surface area (Å²) < 4.78 is 5.39. The van der Waals surface area contributed by atoms with Crippen LogP contribution in [0.5, 0.6) is 5.75 Å². The highest BCUT2D eigenvalue weighted by Gasteiger charge is 2.06. The van der Waals surface area contributed by atoms with E-state index in [9.17, 15) is 4.79 Å². The molecule has 0 bridgehead atoms. The van der Waals surface area contributed by atoms with E-state index in [0.717, 1.165) is 12.0 Å². The van der Waals surface area contributed by atoms with Crippen LogP contribution in [0.4, 0.5) is 0 Å². The average molecular weight is 244 g/mol. The number of amides is 1. The van der Waals surface area contributed by atoms with E-state index in [2.05, 4.69) is 0 Å². The largest absolute Gasteiger partial charge is 0.492 e. The van der Waals surface area contributed by atoms with Crippen molar-refractivity contribution >= 4 is 17.5 Å². The summed E-state index contributed by atoms with van der Waals surface area (Å²) in [6, 6.07) is 5.12. The number of benzene rings is 1. The molecule has 0 atom stereocenters. The first kappa shape index (κ1) is 12.8. The van der Waals surface area contributed by atoms with Crippen LogP contribution < -0.4 is 10.2 Å². The van der Waals surface area contributed by atoms with Crippen LogP contribution >= 0.6 is 11.6 Å². The van der Waals surface area contributed by atoms with E-state index >= 15 is 0 Å². The molecule has 0 spiro atoms. The summed E-state index contributed by atoms with van der Waals surface area (Å²) in [5.41, 5.74) is 2.29. The van der Waals surface area contributed by atoms with Gasteiger partial charge in [-0.05, 0) is 24.1 Å². The Kier molecular flexibility index (Phi) is 5.08. The fraction of sp³-hybridized carbons (Fsp3) is 0.364. The van der Waals surface area contributed by atoms with Gasteiger partial charge in [-0.3, -0.25) is 10.0 Å². The highest BCUT2D eigenvalue weighted by molar-refractivity contribution is 6.32.